The summed E-state index contributed by atoms with van der Waals surface area (Å²) in [6.45, 7) is 4.64. The van der Waals surface area contributed by atoms with Crippen LogP contribution in [0.1, 0.15) is 6.92 Å². The van der Waals surface area contributed by atoms with Gasteiger partial charge >= 0.3 is 0 Å². The van der Waals surface area contributed by atoms with Crippen LogP contribution < -0.4 is 0 Å². The Morgan fingerprint density at radius 1 is 1.55 bits per heavy atom. The largest absolute Gasteiger partial charge is 0.342 e. The third-order valence-corrected chi connectivity index (χ3v) is 2.03. The lowest BCUT2D eigenvalue weighted by atomic mass is 10.00. The molecule has 3 nitrogen and oxygen atoms in total. The first-order chi connectivity index (χ1) is 5.09. The lowest BCUT2D eigenvalue weighted by Gasteiger charge is -2.39. The third kappa shape index (κ3) is 2.19. The van der Waals surface area contributed by atoms with Crippen LogP contribution >= 0.6 is 0 Å². The Morgan fingerprint density at radius 2 is 2.09 bits per heavy atom. The maximum atomic E-state index is 10.8. The zero-order chi connectivity index (χ0) is 8.43. The Kier molecular flexibility index (Phi) is 2.49. The van der Waals surface area contributed by atoms with Gasteiger partial charge in [0.25, 0.3) is 0 Å². The van der Waals surface area contributed by atoms with Crippen molar-refractivity contribution in [2.24, 2.45) is 5.92 Å². The van der Waals surface area contributed by atoms with Crippen molar-refractivity contribution in [2.45, 2.75) is 6.92 Å². The Hall–Kier alpha value is -0.570. The molecule has 0 radical (unpaired) electrons. The number of nitrogens with zero attached hydrogens (tertiary/aromatic N) is 2. The molecule has 1 amide bonds. The molecule has 0 aromatic heterocycles. The fraction of sp³-hybridized carbons (Fsp3) is 0.875. The van der Waals surface area contributed by atoms with Gasteiger partial charge < -0.3 is 9.80 Å². The van der Waals surface area contributed by atoms with Gasteiger partial charge in [0.1, 0.15) is 0 Å². The van der Waals surface area contributed by atoms with E-state index in [1.54, 1.807) is 6.92 Å². The average molecular weight is 156 g/mol. The van der Waals surface area contributed by atoms with Crippen molar-refractivity contribution in [3.8, 4) is 0 Å². The van der Waals surface area contributed by atoms with Crippen molar-refractivity contribution in [1.29, 1.82) is 0 Å². The van der Waals surface area contributed by atoms with Crippen LogP contribution in [0.3, 0.4) is 0 Å². The molecular formula is C8H16N2O. The zero-order valence-corrected chi connectivity index (χ0v) is 7.50. The van der Waals surface area contributed by atoms with Gasteiger partial charge in [0, 0.05) is 32.5 Å². The monoisotopic (exact) mass is 156 g/mol. The highest BCUT2D eigenvalue weighted by Crippen LogP contribution is 2.15. The minimum absolute atomic E-state index is 0.208. The maximum absolute atomic E-state index is 10.8. The van der Waals surface area contributed by atoms with E-state index in [0.717, 1.165) is 19.6 Å². The van der Waals surface area contributed by atoms with Crippen molar-refractivity contribution in [2.75, 3.05) is 33.7 Å². The summed E-state index contributed by atoms with van der Waals surface area (Å²) >= 11 is 0. The van der Waals surface area contributed by atoms with E-state index in [4.69, 9.17) is 0 Å². The number of rotatable bonds is 2. The van der Waals surface area contributed by atoms with Crippen molar-refractivity contribution < 1.29 is 4.79 Å². The minimum Gasteiger partial charge on any atom is -0.342 e. The van der Waals surface area contributed by atoms with Crippen molar-refractivity contribution in [1.82, 2.24) is 9.80 Å². The van der Waals surface area contributed by atoms with Crippen LogP contribution in [0.25, 0.3) is 0 Å². The summed E-state index contributed by atoms with van der Waals surface area (Å²) in [5.74, 6) is 0.911. The summed E-state index contributed by atoms with van der Waals surface area (Å²) in [4.78, 5) is 14.8. The van der Waals surface area contributed by atoms with Gasteiger partial charge in [-0.2, -0.15) is 0 Å². The van der Waals surface area contributed by atoms with E-state index in [0.29, 0.717) is 5.92 Å². The van der Waals surface area contributed by atoms with Crippen LogP contribution in [0.5, 0.6) is 0 Å². The second-order valence-electron chi connectivity index (χ2n) is 3.55. The normalized spacial score (nSPS) is 18.7. The van der Waals surface area contributed by atoms with E-state index in [-0.39, 0.29) is 5.91 Å². The molecule has 1 rings (SSSR count). The fourth-order valence-electron chi connectivity index (χ4n) is 1.46. The number of amides is 1. The molecule has 64 valence electrons. The predicted octanol–water partition coefficient (Wildman–Crippen LogP) is 0.0263. The molecule has 1 heterocycles. The molecule has 3 heteroatoms. The molecule has 1 saturated heterocycles. The van der Waals surface area contributed by atoms with E-state index < -0.39 is 0 Å². The van der Waals surface area contributed by atoms with Crippen LogP contribution in [0.4, 0.5) is 0 Å². The first-order valence-corrected chi connectivity index (χ1v) is 4.00. The van der Waals surface area contributed by atoms with E-state index in [1.165, 1.54) is 0 Å². The van der Waals surface area contributed by atoms with Crippen LogP contribution in [0.15, 0.2) is 0 Å². The van der Waals surface area contributed by atoms with Gasteiger partial charge in [0.05, 0.1) is 0 Å². The summed E-state index contributed by atoms with van der Waals surface area (Å²) in [5.41, 5.74) is 0. The molecule has 0 spiro atoms. The Bertz CT molecular complexity index is 150. The molecule has 1 aliphatic rings. The van der Waals surface area contributed by atoms with Crippen LogP contribution in [0, 0.1) is 5.92 Å². The standard InChI is InChI=1S/C8H16N2O/c1-7(11)10-5-8(6-10)4-9(2)3/h8H,4-6H2,1-3H3. The summed E-state index contributed by atoms with van der Waals surface area (Å²) in [5, 5.41) is 0. The topological polar surface area (TPSA) is 23.6 Å². The lowest BCUT2D eigenvalue weighted by molar-refractivity contribution is -0.135. The molecule has 0 atom stereocenters. The second kappa shape index (κ2) is 3.22. The smallest absolute Gasteiger partial charge is 0.219 e. The quantitative estimate of drug-likeness (QED) is 0.563. The summed E-state index contributed by atoms with van der Waals surface area (Å²) in [6, 6.07) is 0. The van der Waals surface area contributed by atoms with Gasteiger partial charge in [0.15, 0.2) is 0 Å². The van der Waals surface area contributed by atoms with E-state index >= 15 is 0 Å². The first kappa shape index (κ1) is 8.53. The SMILES string of the molecule is CC(=O)N1CC(CN(C)C)C1. The van der Waals surface area contributed by atoms with E-state index in [1.807, 2.05) is 4.90 Å². The molecule has 0 aliphatic carbocycles. The van der Waals surface area contributed by atoms with Gasteiger partial charge in [-0.3, -0.25) is 4.79 Å². The third-order valence-electron chi connectivity index (χ3n) is 2.03. The highest BCUT2D eigenvalue weighted by molar-refractivity contribution is 5.74. The first-order valence-electron chi connectivity index (χ1n) is 4.00. The Morgan fingerprint density at radius 3 is 2.45 bits per heavy atom. The lowest BCUT2D eigenvalue weighted by Crippen LogP contribution is -2.52. The summed E-state index contributed by atoms with van der Waals surface area (Å²) in [7, 11) is 4.13. The summed E-state index contributed by atoms with van der Waals surface area (Å²) < 4.78 is 0. The van der Waals surface area contributed by atoms with Crippen molar-refractivity contribution in [3.05, 3.63) is 0 Å². The number of carbonyl (C=O) groups is 1. The molecule has 0 N–H and O–H groups in total. The van der Waals surface area contributed by atoms with Gasteiger partial charge in [-0.25, -0.2) is 0 Å². The number of hydrogen-bond acceptors (Lipinski definition) is 2. The van der Waals surface area contributed by atoms with E-state index in [9.17, 15) is 4.79 Å². The van der Waals surface area contributed by atoms with E-state index in [2.05, 4.69) is 19.0 Å². The number of hydrogen-bond donors (Lipinski definition) is 0. The Labute approximate surface area is 68.0 Å². The molecule has 0 bridgehead atoms. The fourth-order valence-corrected chi connectivity index (χ4v) is 1.46. The Balaban J connectivity index is 2.14. The molecule has 1 aliphatic heterocycles. The maximum Gasteiger partial charge on any atom is 0.219 e. The van der Waals surface area contributed by atoms with Crippen molar-refractivity contribution in [3.63, 3.8) is 0 Å². The molecule has 1 fully saturated rings. The predicted molar refractivity (Wildman–Crippen MR) is 44.3 cm³/mol. The molecule has 0 saturated carbocycles. The molecule has 11 heavy (non-hydrogen) atoms. The molecule has 0 aromatic carbocycles. The summed E-state index contributed by atoms with van der Waals surface area (Å²) in [6.07, 6.45) is 0. The number of likely N-dealkylation sites (tertiary alicyclic amines) is 1. The average Bonchev–Trinajstić information content (AvgIpc) is 1.75. The zero-order valence-electron chi connectivity index (χ0n) is 7.50. The second-order valence-corrected chi connectivity index (χ2v) is 3.55. The molecule has 0 unspecified atom stereocenters. The van der Waals surface area contributed by atoms with Gasteiger partial charge in [0.2, 0.25) is 5.91 Å². The molecular weight excluding hydrogens is 140 g/mol. The van der Waals surface area contributed by atoms with Gasteiger partial charge in [-0.15, -0.1) is 0 Å². The van der Waals surface area contributed by atoms with Crippen LogP contribution in [-0.2, 0) is 4.79 Å². The number of carbonyl (C=O) groups excluding carboxylic acids is 1. The van der Waals surface area contributed by atoms with Gasteiger partial charge in [-0.1, -0.05) is 0 Å². The highest BCUT2D eigenvalue weighted by atomic mass is 16.2. The minimum atomic E-state index is 0.208. The highest BCUT2D eigenvalue weighted by Gasteiger charge is 2.28. The van der Waals surface area contributed by atoms with Crippen LogP contribution in [0.2, 0.25) is 0 Å². The van der Waals surface area contributed by atoms with Crippen LogP contribution in [-0.4, -0.2) is 49.4 Å². The van der Waals surface area contributed by atoms with Gasteiger partial charge in [-0.05, 0) is 14.1 Å². The van der Waals surface area contributed by atoms with Crippen molar-refractivity contribution >= 4 is 5.91 Å². The molecule has 0 aromatic rings.